The Balaban J connectivity index is 1.42. The summed E-state index contributed by atoms with van der Waals surface area (Å²) in [4.78, 5) is 18.9. The van der Waals surface area contributed by atoms with Crippen molar-refractivity contribution < 1.29 is 0 Å². The summed E-state index contributed by atoms with van der Waals surface area (Å²) in [5.74, 6) is 0. The minimum absolute atomic E-state index is 0.909. The van der Waals surface area contributed by atoms with Crippen LogP contribution in [0.3, 0.4) is 0 Å². The number of rotatable bonds is 2. The molecule has 0 unspecified atom stereocenters. The Morgan fingerprint density at radius 2 is 0.722 bits per heavy atom. The minimum atomic E-state index is 0.909. The maximum absolute atomic E-state index is 5.52. The molecule has 2 aliphatic rings. The fourth-order valence-electron chi connectivity index (χ4n) is 9.02. The fourth-order valence-corrected chi connectivity index (χ4v) is 10.2. The fraction of sp³-hybridized carbons (Fsp3) is 0. The summed E-state index contributed by atoms with van der Waals surface area (Å²) < 4.78 is 2.09. The van der Waals surface area contributed by atoms with Crippen LogP contribution in [0.4, 0.5) is 0 Å². The van der Waals surface area contributed by atoms with Crippen LogP contribution in [-0.4, -0.2) is 19.9 Å². The SMILES string of the molecule is Brc1c(Br)c2c3ccccc3c3c4nc(c(-c5ccccc5)c5ccc([nH]5)c(-c5ccccc5)c5nc(c6c7ccccc7c1c1c6[nH]c3c21)C=C5)C=C4. The van der Waals surface area contributed by atoms with Gasteiger partial charge in [0.2, 0.25) is 0 Å². The number of aromatic amines is 2. The number of aromatic nitrogens is 4. The second kappa shape index (κ2) is 11.2. The van der Waals surface area contributed by atoms with Gasteiger partial charge in [-0.05, 0) is 101 Å². The quantitative estimate of drug-likeness (QED) is 0.171. The van der Waals surface area contributed by atoms with E-state index in [9.17, 15) is 0 Å². The summed E-state index contributed by atoms with van der Waals surface area (Å²) in [5, 5.41) is 11.5. The van der Waals surface area contributed by atoms with Crippen molar-refractivity contribution >= 4 is 132 Å². The van der Waals surface area contributed by atoms with Crippen LogP contribution in [0.5, 0.6) is 0 Å². The molecule has 6 heteroatoms. The predicted molar refractivity (Wildman–Crippen MR) is 235 cm³/mol. The first-order chi connectivity index (χ1) is 26.6. The van der Waals surface area contributed by atoms with Gasteiger partial charge in [-0.1, -0.05) is 109 Å². The van der Waals surface area contributed by atoms with Crippen molar-refractivity contribution in [3.05, 3.63) is 153 Å². The van der Waals surface area contributed by atoms with Crippen LogP contribution in [-0.2, 0) is 0 Å². The van der Waals surface area contributed by atoms with Gasteiger partial charge in [-0.2, -0.15) is 0 Å². The van der Waals surface area contributed by atoms with Crippen LogP contribution in [0.2, 0.25) is 0 Å². The number of hydrogen-bond donors (Lipinski definition) is 2. The zero-order valence-corrected chi connectivity index (χ0v) is 31.7. The summed E-state index contributed by atoms with van der Waals surface area (Å²) in [6.45, 7) is 0. The van der Waals surface area contributed by atoms with E-state index in [-0.39, 0.29) is 0 Å². The van der Waals surface area contributed by atoms with Gasteiger partial charge < -0.3 is 9.97 Å². The average molecular weight is 819 g/mol. The lowest BCUT2D eigenvalue weighted by molar-refractivity contribution is 1.33. The minimum Gasteiger partial charge on any atom is -0.354 e. The Labute approximate surface area is 325 Å². The highest BCUT2D eigenvalue weighted by molar-refractivity contribution is 9.13. The van der Waals surface area contributed by atoms with E-state index in [1.807, 2.05) is 0 Å². The standard InChI is InChI=1S/C48H26Br2N4/c49-45-41-29-17-9-7-15-27(29)39-35-23-21-33(52-35)37(25-11-3-1-4-12-25)31-19-20-32(51-31)38(26-13-5-2-6-14-26)34-22-24-36(53-34)40-28-16-8-10-18-30(28)42(46(45)50)44-43(41)47(39)54-48(40)44/h1-24,51,54H. The van der Waals surface area contributed by atoms with E-state index >= 15 is 0 Å². The first-order valence-electron chi connectivity index (χ1n) is 18.0. The van der Waals surface area contributed by atoms with Gasteiger partial charge in [-0.3, -0.25) is 0 Å². The Kier molecular flexibility index (Phi) is 6.31. The van der Waals surface area contributed by atoms with Crippen molar-refractivity contribution in [2.45, 2.75) is 0 Å². The third-order valence-electron chi connectivity index (χ3n) is 11.2. The zero-order chi connectivity index (χ0) is 35.7. The van der Waals surface area contributed by atoms with Gasteiger partial charge >= 0.3 is 0 Å². The van der Waals surface area contributed by atoms with Crippen molar-refractivity contribution in [2.24, 2.45) is 0 Å². The molecule has 0 saturated heterocycles. The normalized spacial score (nSPS) is 12.9. The van der Waals surface area contributed by atoms with Crippen molar-refractivity contribution in [1.29, 1.82) is 0 Å². The molecule has 2 N–H and O–H groups in total. The largest absolute Gasteiger partial charge is 0.354 e. The Morgan fingerprint density at radius 1 is 0.352 bits per heavy atom. The van der Waals surface area contributed by atoms with Crippen LogP contribution in [0.25, 0.3) is 122 Å². The Hall–Kier alpha value is -6.08. The van der Waals surface area contributed by atoms with Crippen molar-refractivity contribution in [2.75, 3.05) is 0 Å². The van der Waals surface area contributed by atoms with E-state index < -0.39 is 0 Å². The van der Waals surface area contributed by atoms with Gasteiger partial charge in [0.05, 0.1) is 33.8 Å². The van der Waals surface area contributed by atoms with Crippen molar-refractivity contribution in [1.82, 2.24) is 19.9 Å². The molecule has 4 nitrogen and oxygen atoms in total. The number of benzene rings is 7. The first kappa shape index (κ1) is 30.4. The van der Waals surface area contributed by atoms with Gasteiger partial charge in [-0.15, -0.1) is 0 Å². The lowest BCUT2D eigenvalue weighted by Crippen LogP contribution is -1.89. The van der Waals surface area contributed by atoms with E-state index in [2.05, 4.69) is 187 Å². The summed E-state index contributed by atoms with van der Waals surface area (Å²) in [6, 6.07) is 42.9. The maximum Gasteiger partial charge on any atom is 0.0737 e. The number of fused-ring (bicyclic) bond motifs is 14. The van der Waals surface area contributed by atoms with Crippen LogP contribution in [0, 0.1) is 0 Å². The molecule has 0 spiro atoms. The van der Waals surface area contributed by atoms with E-state index in [4.69, 9.17) is 9.97 Å². The highest BCUT2D eigenvalue weighted by Crippen LogP contribution is 2.53. The molecule has 12 rings (SSSR count). The highest BCUT2D eigenvalue weighted by atomic mass is 79.9. The van der Waals surface area contributed by atoms with Gasteiger partial charge in [0.15, 0.2) is 0 Å². The molecule has 0 saturated carbocycles. The number of H-pyrrole nitrogens is 2. The van der Waals surface area contributed by atoms with E-state index in [0.717, 1.165) is 97.6 Å². The molecule has 7 aromatic carbocycles. The van der Waals surface area contributed by atoms with Gasteiger partial charge in [0.25, 0.3) is 0 Å². The molecular formula is C48H26Br2N4. The van der Waals surface area contributed by atoms with Crippen LogP contribution >= 0.6 is 31.9 Å². The predicted octanol–water partition coefficient (Wildman–Crippen LogP) is 14.2. The highest BCUT2D eigenvalue weighted by Gasteiger charge is 2.27. The zero-order valence-electron chi connectivity index (χ0n) is 28.5. The summed E-state index contributed by atoms with van der Waals surface area (Å²) in [7, 11) is 0. The molecule has 2 aliphatic heterocycles. The van der Waals surface area contributed by atoms with Crippen molar-refractivity contribution in [3.63, 3.8) is 0 Å². The molecule has 0 radical (unpaired) electrons. The maximum atomic E-state index is 5.52. The molecule has 0 atom stereocenters. The van der Waals surface area contributed by atoms with E-state index in [1.54, 1.807) is 0 Å². The average Bonchev–Trinajstić information content (AvgIpc) is 4.05. The van der Waals surface area contributed by atoms with Gasteiger partial charge in [0, 0.05) is 63.4 Å². The van der Waals surface area contributed by atoms with Crippen LogP contribution < -0.4 is 0 Å². The third kappa shape index (κ3) is 4.07. The van der Waals surface area contributed by atoms with Crippen LogP contribution in [0.15, 0.2) is 130 Å². The lowest BCUT2D eigenvalue weighted by atomic mass is 9.91. The lowest BCUT2D eigenvalue weighted by Gasteiger charge is -2.15. The number of halogens is 2. The smallest absolute Gasteiger partial charge is 0.0737 e. The number of nitrogens with one attached hydrogen (secondary N) is 2. The molecule has 8 bridgehead atoms. The molecule has 0 aliphatic carbocycles. The van der Waals surface area contributed by atoms with Crippen molar-refractivity contribution in [3.8, 4) is 22.3 Å². The first-order valence-corrected chi connectivity index (χ1v) is 19.6. The Bertz CT molecular complexity index is 3220. The van der Waals surface area contributed by atoms with Gasteiger partial charge in [-0.25, -0.2) is 9.97 Å². The van der Waals surface area contributed by atoms with Crippen LogP contribution in [0.1, 0.15) is 22.8 Å². The summed E-state index contributed by atoms with van der Waals surface area (Å²) >= 11 is 8.22. The summed E-state index contributed by atoms with van der Waals surface area (Å²) in [5.41, 5.74) is 12.1. The molecule has 54 heavy (non-hydrogen) atoms. The second-order valence-electron chi connectivity index (χ2n) is 14.0. The topological polar surface area (TPSA) is 57.4 Å². The summed E-state index contributed by atoms with van der Waals surface area (Å²) in [6.07, 6.45) is 8.71. The number of nitrogens with zero attached hydrogens (tertiary/aromatic N) is 2. The molecule has 0 fully saturated rings. The molecule has 0 amide bonds. The molecule has 5 heterocycles. The molecule has 10 aromatic rings. The van der Waals surface area contributed by atoms with Gasteiger partial charge in [0.1, 0.15) is 0 Å². The van der Waals surface area contributed by atoms with E-state index in [1.165, 1.54) is 32.3 Å². The number of hydrogen-bond acceptors (Lipinski definition) is 2. The molecule has 3 aromatic heterocycles. The third-order valence-corrected chi connectivity index (χ3v) is 13.3. The molecular weight excluding hydrogens is 792 g/mol. The Morgan fingerprint density at radius 3 is 1.15 bits per heavy atom. The molecule has 252 valence electrons. The van der Waals surface area contributed by atoms with E-state index in [0.29, 0.717) is 0 Å². The monoisotopic (exact) mass is 816 g/mol. The second-order valence-corrected chi connectivity index (χ2v) is 15.6.